The second kappa shape index (κ2) is 5.17. The molecule has 2 rings (SSSR count). The number of carbonyl (C=O) groups is 1. The molecule has 2 fully saturated rings. The predicted molar refractivity (Wildman–Crippen MR) is 63.2 cm³/mol. The van der Waals surface area contributed by atoms with Gasteiger partial charge in [0.15, 0.2) is 0 Å². The summed E-state index contributed by atoms with van der Waals surface area (Å²) in [5, 5.41) is 3.56. The van der Waals surface area contributed by atoms with E-state index in [1.807, 2.05) is 6.92 Å². The Morgan fingerprint density at radius 3 is 2.56 bits per heavy atom. The van der Waals surface area contributed by atoms with E-state index in [4.69, 9.17) is 4.74 Å². The molecule has 0 aromatic carbocycles. The Balaban J connectivity index is 1.74. The van der Waals surface area contributed by atoms with Crippen LogP contribution in [0.15, 0.2) is 0 Å². The van der Waals surface area contributed by atoms with Crippen molar-refractivity contribution in [2.75, 3.05) is 13.2 Å². The molecule has 0 spiro atoms. The predicted octanol–water partition coefficient (Wildman–Crippen LogP) is 2.25. The highest BCUT2D eigenvalue weighted by Crippen LogP contribution is 2.46. The lowest BCUT2D eigenvalue weighted by Gasteiger charge is -2.25. The molecule has 0 atom stereocenters. The van der Waals surface area contributed by atoms with Gasteiger partial charge >= 0.3 is 5.97 Å². The van der Waals surface area contributed by atoms with Crippen LogP contribution in [0.1, 0.15) is 51.9 Å². The van der Waals surface area contributed by atoms with Crippen molar-refractivity contribution >= 4 is 5.97 Å². The summed E-state index contributed by atoms with van der Waals surface area (Å²) < 4.78 is 5.13. The summed E-state index contributed by atoms with van der Waals surface area (Å²) in [5.74, 6) is 0.0123. The van der Waals surface area contributed by atoms with Crippen LogP contribution in [-0.2, 0) is 9.53 Å². The topological polar surface area (TPSA) is 38.3 Å². The Bertz CT molecular complexity index is 242. The van der Waals surface area contributed by atoms with Crippen molar-refractivity contribution in [2.24, 2.45) is 5.41 Å². The summed E-state index contributed by atoms with van der Waals surface area (Å²) in [6, 6.07) is 0.639. The van der Waals surface area contributed by atoms with E-state index in [1.54, 1.807) is 0 Å². The number of hydrogen-bond acceptors (Lipinski definition) is 3. The number of rotatable bonds is 5. The molecular formula is C13H23NO2. The molecule has 0 saturated heterocycles. The van der Waals surface area contributed by atoms with Gasteiger partial charge in [-0.3, -0.25) is 4.79 Å². The lowest BCUT2D eigenvalue weighted by Crippen LogP contribution is -2.38. The molecule has 0 aliphatic heterocycles. The zero-order valence-electron chi connectivity index (χ0n) is 10.3. The van der Waals surface area contributed by atoms with E-state index < -0.39 is 0 Å². The molecule has 0 radical (unpaired) electrons. The first-order chi connectivity index (χ1) is 7.77. The van der Waals surface area contributed by atoms with Gasteiger partial charge in [-0.2, -0.15) is 0 Å². The fourth-order valence-electron chi connectivity index (χ4n) is 2.53. The Kier molecular flexibility index (Phi) is 3.85. The van der Waals surface area contributed by atoms with E-state index in [-0.39, 0.29) is 11.4 Å². The molecule has 16 heavy (non-hydrogen) atoms. The Hall–Kier alpha value is -0.570. The highest BCUT2D eigenvalue weighted by Gasteiger charge is 2.51. The van der Waals surface area contributed by atoms with Crippen LogP contribution in [0.2, 0.25) is 0 Å². The van der Waals surface area contributed by atoms with Gasteiger partial charge < -0.3 is 10.1 Å². The van der Waals surface area contributed by atoms with Crippen molar-refractivity contribution in [3.8, 4) is 0 Å². The minimum Gasteiger partial charge on any atom is -0.466 e. The average Bonchev–Trinajstić information content (AvgIpc) is 3.09. The number of hydrogen-bond donors (Lipinski definition) is 1. The van der Waals surface area contributed by atoms with Crippen LogP contribution < -0.4 is 5.32 Å². The third-order valence-corrected chi connectivity index (χ3v) is 3.90. The van der Waals surface area contributed by atoms with Crippen LogP contribution in [0.25, 0.3) is 0 Å². The number of ether oxygens (including phenoxy) is 1. The standard InChI is InChI=1S/C13H23NO2/c1-2-16-12(15)13(8-9-13)10-14-11-6-4-3-5-7-11/h11,14H,2-10H2,1H3. The second-order valence-electron chi connectivity index (χ2n) is 5.22. The quantitative estimate of drug-likeness (QED) is 0.729. The van der Waals surface area contributed by atoms with Gasteiger partial charge in [0.25, 0.3) is 0 Å². The maximum Gasteiger partial charge on any atom is 0.313 e. The average molecular weight is 225 g/mol. The van der Waals surface area contributed by atoms with Crippen molar-refractivity contribution < 1.29 is 9.53 Å². The molecule has 0 unspecified atom stereocenters. The number of esters is 1. The minimum absolute atomic E-state index is 0.0123. The lowest BCUT2D eigenvalue weighted by atomic mass is 9.95. The summed E-state index contributed by atoms with van der Waals surface area (Å²) >= 11 is 0. The van der Waals surface area contributed by atoms with E-state index in [0.29, 0.717) is 12.6 Å². The molecule has 2 aliphatic carbocycles. The first kappa shape index (κ1) is 11.9. The Morgan fingerprint density at radius 2 is 2.00 bits per heavy atom. The summed E-state index contributed by atoms with van der Waals surface area (Å²) in [4.78, 5) is 11.7. The van der Waals surface area contributed by atoms with Crippen LogP contribution in [0.3, 0.4) is 0 Å². The van der Waals surface area contributed by atoms with Crippen molar-refractivity contribution in [2.45, 2.75) is 57.9 Å². The molecule has 0 aromatic rings. The monoisotopic (exact) mass is 225 g/mol. The Morgan fingerprint density at radius 1 is 1.31 bits per heavy atom. The molecule has 0 heterocycles. The molecule has 92 valence electrons. The molecule has 0 bridgehead atoms. The molecule has 0 aromatic heterocycles. The number of nitrogens with one attached hydrogen (secondary N) is 1. The third-order valence-electron chi connectivity index (χ3n) is 3.90. The summed E-state index contributed by atoms with van der Waals surface area (Å²) in [6.07, 6.45) is 8.62. The van der Waals surface area contributed by atoms with Crippen LogP contribution in [0.5, 0.6) is 0 Å². The SMILES string of the molecule is CCOC(=O)C1(CNC2CCCCC2)CC1. The van der Waals surface area contributed by atoms with Gasteiger partial charge in [-0.05, 0) is 32.6 Å². The summed E-state index contributed by atoms with van der Waals surface area (Å²) in [5.41, 5.74) is -0.159. The highest BCUT2D eigenvalue weighted by molar-refractivity contribution is 5.80. The normalized spacial score (nSPS) is 24.1. The first-order valence-corrected chi connectivity index (χ1v) is 6.67. The molecular weight excluding hydrogens is 202 g/mol. The van der Waals surface area contributed by atoms with Gasteiger partial charge in [-0.1, -0.05) is 19.3 Å². The van der Waals surface area contributed by atoms with Crippen molar-refractivity contribution in [1.29, 1.82) is 0 Å². The van der Waals surface area contributed by atoms with Crippen molar-refractivity contribution in [3.63, 3.8) is 0 Å². The smallest absolute Gasteiger partial charge is 0.313 e. The lowest BCUT2D eigenvalue weighted by molar-refractivity contribution is -0.149. The zero-order chi connectivity index (χ0) is 11.4. The minimum atomic E-state index is -0.159. The fraction of sp³-hybridized carbons (Fsp3) is 0.923. The maximum atomic E-state index is 11.7. The van der Waals surface area contributed by atoms with Gasteiger partial charge in [-0.25, -0.2) is 0 Å². The summed E-state index contributed by atoms with van der Waals surface area (Å²) in [7, 11) is 0. The molecule has 1 N–H and O–H groups in total. The highest BCUT2D eigenvalue weighted by atomic mass is 16.5. The van der Waals surface area contributed by atoms with E-state index in [9.17, 15) is 4.79 Å². The van der Waals surface area contributed by atoms with Crippen molar-refractivity contribution in [1.82, 2.24) is 5.32 Å². The Labute approximate surface area is 97.9 Å². The zero-order valence-corrected chi connectivity index (χ0v) is 10.3. The largest absolute Gasteiger partial charge is 0.466 e. The van der Waals surface area contributed by atoms with Crippen LogP contribution in [0.4, 0.5) is 0 Å². The van der Waals surface area contributed by atoms with E-state index in [0.717, 1.165) is 19.4 Å². The molecule has 2 aliphatic rings. The molecule has 3 nitrogen and oxygen atoms in total. The first-order valence-electron chi connectivity index (χ1n) is 6.67. The number of carbonyl (C=O) groups excluding carboxylic acids is 1. The van der Waals surface area contributed by atoms with E-state index >= 15 is 0 Å². The van der Waals surface area contributed by atoms with E-state index in [2.05, 4.69) is 5.32 Å². The van der Waals surface area contributed by atoms with Crippen LogP contribution >= 0.6 is 0 Å². The molecule has 2 saturated carbocycles. The van der Waals surface area contributed by atoms with Crippen LogP contribution in [-0.4, -0.2) is 25.2 Å². The second-order valence-corrected chi connectivity index (χ2v) is 5.22. The maximum absolute atomic E-state index is 11.7. The molecule has 0 amide bonds. The van der Waals surface area contributed by atoms with E-state index in [1.165, 1.54) is 32.1 Å². The third kappa shape index (κ3) is 2.76. The van der Waals surface area contributed by atoms with Gasteiger partial charge in [-0.15, -0.1) is 0 Å². The fourth-order valence-corrected chi connectivity index (χ4v) is 2.53. The van der Waals surface area contributed by atoms with Gasteiger partial charge in [0.05, 0.1) is 12.0 Å². The van der Waals surface area contributed by atoms with Gasteiger partial charge in [0.1, 0.15) is 0 Å². The summed E-state index contributed by atoms with van der Waals surface area (Å²) in [6.45, 7) is 3.21. The molecule has 3 heteroatoms. The van der Waals surface area contributed by atoms with Gasteiger partial charge in [0.2, 0.25) is 0 Å². The van der Waals surface area contributed by atoms with Gasteiger partial charge in [0, 0.05) is 12.6 Å². The van der Waals surface area contributed by atoms with Crippen molar-refractivity contribution in [3.05, 3.63) is 0 Å². The van der Waals surface area contributed by atoms with Crippen LogP contribution in [0, 0.1) is 5.41 Å².